The van der Waals surface area contributed by atoms with Crippen molar-refractivity contribution in [3.8, 4) is 11.5 Å². The van der Waals surface area contributed by atoms with E-state index in [2.05, 4.69) is 27.7 Å². The quantitative estimate of drug-likeness (QED) is 0.667. The summed E-state index contributed by atoms with van der Waals surface area (Å²) in [6, 6.07) is 5.93. The van der Waals surface area contributed by atoms with Crippen molar-refractivity contribution in [3.63, 3.8) is 0 Å². The first-order valence-electron chi connectivity index (χ1n) is 10.3. The molecule has 0 saturated heterocycles. The van der Waals surface area contributed by atoms with E-state index in [9.17, 15) is 4.79 Å². The van der Waals surface area contributed by atoms with Crippen molar-refractivity contribution < 1.29 is 19.0 Å². The first-order valence-corrected chi connectivity index (χ1v) is 10.3. The van der Waals surface area contributed by atoms with E-state index in [0.717, 1.165) is 54.7 Å². The standard InChI is InChI=1S/C24H34O4/c1-23(2,3)28-22-10-9-20-19(21(25)11-12-24(20,22)4)8-7-16-13-17(26-5)15-18(14-16)27-6/h13-15,22H,7-12H2,1-6H3/t22-,24-/m0/s1. The second-order valence-electron chi connectivity index (χ2n) is 9.28. The van der Waals surface area contributed by atoms with E-state index in [-0.39, 0.29) is 17.1 Å². The third kappa shape index (κ3) is 4.27. The van der Waals surface area contributed by atoms with Crippen molar-refractivity contribution >= 4 is 5.78 Å². The number of Topliss-reactive ketones (excluding diaryl/α,β-unsaturated/α-hetero) is 1. The van der Waals surface area contributed by atoms with E-state index in [1.54, 1.807) is 14.2 Å². The molecule has 28 heavy (non-hydrogen) atoms. The van der Waals surface area contributed by atoms with Crippen molar-refractivity contribution in [1.82, 2.24) is 0 Å². The Hall–Kier alpha value is -1.81. The molecule has 2 atom stereocenters. The predicted molar refractivity (Wildman–Crippen MR) is 111 cm³/mol. The Bertz CT molecular complexity index is 749. The molecule has 0 heterocycles. The molecule has 4 heteroatoms. The smallest absolute Gasteiger partial charge is 0.158 e. The van der Waals surface area contributed by atoms with Gasteiger partial charge in [0.25, 0.3) is 0 Å². The highest BCUT2D eigenvalue weighted by molar-refractivity contribution is 5.97. The maximum Gasteiger partial charge on any atom is 0.158 e. The molecule has 4 nitrogen and oxygen atoms in total. The third-order valence-electron chi connectivity index (χ3n) is 6.20. The van der Waals surface area contributed by atoms with Gasteiger partial charge in [0.15, 0.2) is 5.78 Å². The number of benzene rings is 1. The Balaban J connectivity index is 1.84. The van der Waals surface area contributed by atoms with Gasteiger partial charge in [-0.1, -0.05) is 12.5 Å². The average molecular weight is 387 g/mol. The van der Waals surface area contributed by atoms with Crippen molar-refractivity contribution in [1.29, 1.82) is 0 Å². The maximum absolute atomic E-state index is 12.8. The summed E-state index contributed by atoms with van der Waals surface area (Å²) in [5.74, 6) is 1.89. The molecule has 154 valence electrons. The minimum atomic E-state index is -0.165. The minimum Gasteiger partial charge on any atom is -0.497 e. The summed E-state index contributed by atoms with van der Waals surface area (Å²) in [7, 11) is 3.32. The largest absolute Gasteiger partial charge is 0.497 e. The lowest BCUT2D eigenvalue weighted by Crippen LogP contribution is -2.39. The number of carbonyl (C=O) groups is 1. The topological polar surface area (TPSA) is 44.8 Å². The second-order valence-corrected chi connectivity index (χ2v) is 9.28. The highest BCUT2D eigenvalue weighted by atomic mass is 16.5. The van der Waals surface area contributed by atoms with E-state index in [1.165, 1.54) is 5.57 Å². The van der Waals surface area contributed by atoms with Gasteiger partial charge in [0.2, 0.25) is 0 Å². The molecule has 0 aliphatic heterocycles. The number of hydrogen-bond acceptors (Lipinski definition) is 4. The van der Waals surface area contributed by atoms with Gasteiger partial charge < -0.3 is 14.2 Å². The fourth-order valence-electron chi connectivity index (χ4n) is 4.76. The summed E-state index contributed by atoms with van der Waals surface area (Å²) in [6.45, 7) is 8.64. The van der Waals surface area contributed by atoms with Gasteiger partial charge in [-0.05, 0) is 76.1 Å². The van der Waals surface area contributed by atoms with Crippen LogP contribution >= 0.6 is 0 Å². The molecule has 0 aromatic heterocycles. The van der Waals surface area contributed by atoms with Crippen molar-refractivity contribution in [2.45, 2.75) is 77.9 Å². The SMILES string of the molecule is COc1cc(CCC2=C3CC[C@H](OC(C)(C)C)[C@@]3(C)CCC2=O)cc(OC)c1. The molecule has 0 amide bonds. The zero-order chi connectivity index (χ0) is 20.5. The molecule has 0 radical (unpaired) electrons. The van der Waals surface area contributed by atoms with Crippen LogP contribution in [0.25, 0.3) is 0 Å². The number of carbonyl (C=O) groups excluding carboxylic acids is 1. The molecular weight excluding hydrogens is 352 g/mol. The lowest BCUT2D eigenvalue weighted by atomic mass is 9.70. The maximum atomic E-state index is 12.8. The van der Waals surface area contributed by atoms with Crippen LogP contribution in [0.3, 0.4) is 0 Å². The molecule has 1 fully saturated rings. The number of aryl methyl sites for hydroxylation is 1. The van der Waals surface area contributed by atoms with Gasteiger partial charge in [0.1, 0.15) is 11.5 Å². The Kier molecular flexibility index (Phi) is 5.90. The molecule has 3 rings (SSSR count). The Morgan fingerprint density at radius 2 is 1.68 bits per heavy atom. The van der Waals surface area contributed by atoms with E-state index in [1.807, 2.05) is 18.2 Å². The van der Waals surface area contributed by atoms with Crippen LogP contribution in [0.15, 0.2) is 29.3 Å². The minimum absolute atomic E-state index is 0.0113. The van der Waals surface area contributed by atoms with Gasteiger partial charge in [-0.25, -0.2) is 0 Å². The zero-order valence-electron chi connectivity index (χ0n) is 18.2. The third-order valence-corrected chi connectivity index (χ3v) is 6.20. The van der Waals surface area contributed by atoms with Crippen molar-refractivity contribution in [3.05, 3.63) is 34.9 Å². The number of hydrogen-bond donors (Lipinski definition) is 0. The van der Waals surface area contributed by atoms with Crippen LogP contribution in [0.2, 0.25) is 0 Å². The van der Waals surface area contributed by atoms with Crippen LogP contribution in [0.1, 0.15) is 65.4 Å². The summed E-state index contributed by atoms with van der Waals surface area (Å²) in [6.07, 6.45) is 5.27. The molecular formula is C24H34O4. The molecule has 0 bridgehead atoms. The lowest BCUT2D eigenvalue weighted by molar-refractivity contribution is -0.120. The monoisotopic (exact) mass is 386 g/mol. The van der Waals surface area contributed by atoms with Crippen LogP contribution in [0.5, 0.6) is 11.5 Å². The summed E-state index contributed by atoms with van der Waals surface area (Å²) in [4.78, 5) is 12.8. The van der Waals surface area contributed by atoms with E-state index in [4.69, 9.17) is 14.2 Å². The fraction of sp³-hybridized carbons (Fsp3) is 0.625. The molecule has 2 aliphatic rings. The number of allylic oxidation sites excluding steroid dienone is 1. The van der Waals surface area contributed by atoms with Gasteiger partial charge in [-0.3, -0.25) is 4.79 Å². The molecule has 1 aromatic rings. The molecule has 0 spiro atoms. The van der Waals surface area contributed by atoms with Gasteiger partial charge in [0.05, 0.1) is 25.9 Å². The van der Waals surface area contributed by atoms with E-state index < -0.39 is 0 Å². The summed E-state index contributed by atoms with van der Waals surface area (Å²) >= 11 is 0. The number of rotatable bonds is 6. The van der Waals surface area contributed by atoms with Gasteiger partial charge in [-0.15, -0.1) is 0 Å². The van der Waals surface area contributed by atoms with Gasteiger partial charge in [-0.2, -0.15) is 0 Å². The van der Waals surface area contributed by atoms with Crippen LogP contribution in [0, 0.1) is 5.41 Å². The van der Waals surface area contributed by atoms with Gasteiger partial charge >= 0.3 is 0 Å². The first kappa shape index (κ1) is 20.9. The second kappa shape index (κ2) is 7.90. The highest BCUT2D eigenvalue weighted by Crippen LogP contribution is 2.53. The van der Waals surface area contributed by atoms with Gasteiger partial charge in [0, 0.05) is 17.9 Å². The molecule has 0 N–H and O–H groups in total. The lowest BCUT2D eigenvalue weighted by Gasteiger charge is -2.40. The molecule has 0 unspecified atom stereocenters. The van der Waals surface area contributed by atoms with Crippen LogP contribution in [-0.2, 0) is 16.0 Å². The summed E-state index contributed by atoms with van der Waals surface area (Å²) in [5, 5.41) is 0. The van der Waals surface area contributed by atoms with E-state index in [0.29, 0.717) is 12.2 Å². The summed E-state index contributed by atoms with van der Waals surface area (Å²) < 4.78 is 17.2. The molecule has 2 aliphatic carbocycles. The highest BCUT2D eigenvalue weighted by Gasteiger charge is 2.48. The van der Waals surface area contributed by atoms with Crippen LogP contribution < -0.4 is 9.47 Å². The number of fused-ring (bicyclic) bond motifs is 1. The molecule has 1 aromatic carbocycles. The van der Waals surface area contributed by atoms with Crippen LogP contribution in [0.4, 0.5) is 0 Å². The number of methoxy groups -OCH3 is 2. The van der Waals surface area contributed by atoms with Crippen LogP contribution in [-0.4, -0.2) is 31.7 Å². The van der Waals surface area contributed by atoms with Crippen molar-refractivity contribution in [2.75, 3.05) is 14.2 Å². The zero-order valence-corrected chi connectivity index (χ0v) is 18.2. The number of ether oxygens (including phenoxy) is 3. The average Bonchev–Trinajstić information content (AvgIpc) is 2.96. The normalized spacial score (nSPS) is 25.1. The Morgan fingerprint density at radius 3 is 2.25 bits per heavy atom. The Labute approximate surface area is 169 Å². The fourth-order valence-corrected chi connectivity index (χ4v) is 4.76. The molecule has 1 saturated carbocycles. The Morgan fingerprint density at radius 1 is 1.04 bits per heavy atom. The predicted octanol–water partition coefficient (Wildman–Crippen LogP) is 5.28. The van der Waals surface area contributed by atoms with E-state index >= 15 is 0 Å². The first-order chi connectivity index (χ1) is 13.2. The number of ketones is 1. The van der Waals surface area contributed by atoms with Crippen molar-refractivity contribution in [2.24, 2.45) is 5.41 Å². The summed E-state index contributed by atoms with van der Waals surface area (Å²) in [5.41, 5.74) is 3.33.